The van der Waals surface area contributed by atoms with Crippen LogP contribution in [-0.2, 0) is 17.1 Å². The number of rotatable bonds is 5. The molecule has 1 fully saturated rings. The molecule has 2 rings (SSSR count). The minimum absolute atomic E-state index is 0. The first-order valence-corrected chi connectivity index (χ1v) is 8.22. The Labute approximate surface area is 127 Å². The van der Waals surface area contributed by atoms with Crippen molar-refractivity contribution in [2.24, 2.45) is 7.05 Å². The highest BCUT2D eigenvalue weighted by molar-refractivity contribution is 7.89. The van der Waals surface area contributed by atoms with Crippen LogP contribution >= 0.6 is 12.4 Å². The van der Waals surface area contributed by atoms with Crippen LogP contribution in [0, 0.1) is 0 Å². The van der Waals surface area contributed by atoms with E-state index in [1.54, 1.807) is 17.4 Å². The van der Waals surface area contributed by atoms with Crippen molar-refractivity contribution in [3.63, 3.8) is 0 Å². The SMILES string of the molecule is CCCN(C1CCNCC1)S(=O)(=O)c1ccnn1C.Cl. The van der Waals surface area contributed by atoms with Gasteiger partial charge in [-0.05, 0) is 38.4 Å². The number of nitrogens with zero attached hydrogens (tertiary/aromatic N) is 3. The van der Waals surface area contributed by atoms with Gasteiger partial charge in [-0.1, -0.05) is 6.92 Å². The van der Waals surface area contributed by atoms with E-state index in [-0.39, 0.29) is 23.5 Å². The van der Waals surface area contributed by atoms with Crippen LogP contribution in [0.5, 0.6) is 0 Å². The fourth-order valence-electron chi connectivity index (χ4n) is 2.55. The Kier molecular flexibility index (Phi) is 6.44. The molecule has 0 unspecified atom stereocenters. The van der Waals surface area contributed by atoms with E-state index in [1.165, 1.54) is 10.9 Å². The minimum atomic E-state index is -3.44. The highest BCUT2D eigenvalue weighted by Crippen LogP contribution is 2.22. The fourth-order valence-corrected chi connectivity index (χ4v) is 4.43. The van der Waals surface area contributed by atoms with Gasteiger partial charge in [-0.2, -0.15) is 9.40 Å². The van der Waals surface area contributed by atoms with Crippen LogP contribution in [0.15, 0.2) is 17.3 Å². The van der Waals surface area contributed by atoms with Crippen LogP contribution in [-0.4, -0.2) is 48.2 Å². The molecule has 0 aromatic carbocycles. The molecule has 1 aliphatic heterocycles. The number of sulfonamides is 1. The lowest BCUT2D eigenvalue weighted by Crippen LogP contribution is -2.46. The highest BCUT2D eigenvalue weighted by atomic mass is 35.5. The van der Waals surface area contributed by atoms with Gasteiger partial charge in [0.05, 0.1) is 6.20 Å². The minimum Gasteiger partial charge on any atom is -0.317 e. The van der Waals surface area contributed by atoms with Crippen molar-refractivity contribution in [2.75, 3.05) is 19.6 Å². The van der Waals surface area contributed by atoms with Crippen molar-refractivity contribution in [1.29, 1.82) is 0 Å². The molecule has 0 atom stereocenters. The Hall–Kier alpha value is -0.630. The second kappa shape index (κ2) is 7.40. The first-order valence-electron chi connectivity index (χ1n) is 6.78. The average molecular weight is 323 g/mol. The fraction of sp³-hybridized carbons (Fsp3) is 0.750. The van der Waals surface area contributed by atoms with Crippen molar-refractivity contribution in [3.8, 4) is 0 Å². The molecule has 0 bridgehead atoms. The van der Waals surface area contributed by atoms with Gasteiger partial charge in [0.2, 0.25) is 0 Å². The maximum Gasteiger partial charge on any atom is 0.260 e. The van der Waals surface area contributed by atoms with Gasteiger partial charge in [0.1, 0.15) is 0 Å². The molecule has 0 saturated carbocycles. The zero-order valence-electron chi connectivity index (χ0n) is 11.9. The van der Waals surface area contributed by atoms with Gasteiger partial charge in [0, 0.05) is 19.6 Å². The van der Waals surface area contributed by atoms with Crippen LogP contribution in [0.2, 0.25) is 0 Å². The molecule has 1 aliphatic rings. The summed E-state index contributed by atoms with van der Waals surface area (Å²) in [6.07, 6.45) is 4.09. The van der Waals surface area contributed by atoms with Gasteiger partial charge in [0.15, 0.2) is 5.03 Å². The molecular weight excluding hydrogens is 300 g/mol. The summed E-state index contributed by atoms with van der Waals surface area (Å²) in [4.78, 5) is 0. The Bertz CT molecular complexity index is 511. The van der Waals surface area contributed by atoms with Gasteiger partial charge in [-0.15, -0.1) is 12.4 Å². The van der Waals surface area contributed by atoms with E-state index >= 15 is 0 Å². The average Bonchev–Trinajstić information content (AvgIpc) is 2.84. The van der Waals surface area contributed by atoms with Gasteiger partial charge < -0.3 is 5.32 Å². The first kappa shape index (κ1) is 17.4. The number of aryl methyl sites for hydroxylation is 1. The van der Waals surface area contributed by atoms with Crippen molar-refractivity contribution >= 4 is 22.4 Å². The Morgan fingerprint density at radius 3 is 2.60 bits per heavy atom. The second-order valence-electron chi connectivity index (χ2n) is 4.89. The van der Waals surface area contributed by atoms with Crippen LogP contribution in [0.1, 0.15) is 26.2 Å². The molecule has 1 aromatic heterocycles. The van der Waals surface area contributed by atoms with E-state index in [1.807, 2.05) is 6.92 Å². The molecule has 2 heterocycles. The molecule has 20 heavy (non-hydrogen) atoms. The maximum absolute atomic E-state index is 12.7. The van der Waals surface area contributed by atoms with Gasteiger partial charge in [0.25, 0.3) is 10.0 Å². The van der Waals surface area contributed by atoms with E-state index in [4.69, 9.17) is 0 Å². The molecule has 0 amide bonds. The van der Waals surface area contributed by atoms with Gasteiger partial charge in [-0.25, -0.2) is 8.42 Å². The lowest BCUT2D eigenvalue weighted by atomic mass is 10.1. The third kappa shape index (κ3) is 3.52. The zero-order chi connectivity index (χ0) is 13.9. The molecular formula is C12H23ClN4O2S. The summed E-state index contributed by atoms with van der Waals surface area (Å²) >= 11 is 0. The maximum atomic E-state index is 12.7. The van der Waals surface area contributed by atoms with E-state index in [0.29, 0.717) is 6.54 Å². The van der Waals surface area contributed by atoms with Crippen molar-refractivity contribution in [3.05, 3.63) is 12.3 Å². The van der Waals surface area contributed by atoms with E-state index in [2.05, 4.69) is 10.4 Å². The third-order valence-corrected chi connectivity index (χ3v) is 5.54. The number of hydrogen-bond acceptors (Lipinski definition) is 4. The van der Waals surface area contributed by atoms with Gasteiger partial charge in [-0.3, -0.25) is 4.68 Å². The Morgan fingerprint density at radius 2 is 2.10 bits per heavy atom. The second-order valence-corrected chi connectivity index (χ2v) is 6.73. The monoisotopic (exact) mass is 322 g/mol. The van der Waals surface area contributed by atoms with Gasteiger partial charge >= 0.3 is 0 Å². The van der Waals surface area contributed by atoms with Crippen LogP contribution < -0.4 is 5.32 Å². The summed E-state index contributed by atoms with van der Waals surface area (Å²) in [5.74, 6) is 0. The van der Waals surface area contributed by atoms with Crippen molar-refractivity contribution in [2.45, 2.75) is 37.3 Å². The molecule has 6 nitrogen and oxygen atoms in total. The first-order chi connectivity index (χ1) is 9.07. The third-order valence-electron chi connectivity index (χ3n) is 3.51. The van der Waals surface area contributed by atoms with Crippen LogP contribution in [0.3, 0.4) is 0 Å². The quantitative estimate of drug-likeness (QED) is 0.878. The summed E-state index contributed by atoms with van der Waals surface area (Å²) in [5, 5.41) is 7.52. The standard InChI is InChI=1S/C12H22N4O2S.ClH/c1-3-10-16(11-4-7-13-8-5-11)19(17,18)12-6-9-14-15(12)2;/h6,9,11,13H,3-5,7-8,10H2,1-2H3;1H. The van der Waals surface area contributed by atoms with E-state index in [0.717, 1.165) is 32.4 Å². The van der Waals surface area contributed by atoms with E-state index in [9.17, 15) is 8.42 Å². The molecule has 1 saturated heterocycles. The Balaban J connectivity index is 0.00000200. The molecule has 116 valence electrons. The largest absolute Gasteiger partial charge is 0.317 e. The Morgan fingerprint density at radius 1 is 1.45 bits per heavy atom. The molecule has 1 aromatic rings. The smallest absolute Gasteiger partial charge is 0.260 e. The molecule has 0 radical (unpaired) electrons. The molecule has 0 spiro atoms. The summed E-state index contributed by atoms with van der Waals surface area (Å²) < 4.78 is 28.6. The number of aromatic nitrogens is 2. The lowest BCUT2D eigenvalue weighted by Gasteiger charge is -2.33. The normalized spacial score (nSPS) is 17.1. The summed E-state index contributed by atoms with van der Waals surface area (Å²) in [5.41, 5.74) is 0. The number of piperidine rings is 1. The molecule has 1 N–H and O–H groups in total. The number of hydrogen-bond donors (Lipinski definition) is 1. The predicted octanol–water partition coefficient (Wildman–Crippen LogP) is 0.995. The number of halogens is 1. The lowest BCUT2D eigenvalue weighted by molar-refractivity contribution is 0.261. The number of nitrogens with one attached hydrogen (secondary N) is 1. The summed E-state index contributed by atoms with van der Waals surface area (Å²) in [6, 6.07) is 1.67. The molecule has 8 heteroatoms. The van der Waals surface area contributed by atoms with Crippen LogP contribution in [0.25, 0.3) is 0 Å². The van der Waals surface area contributed by atoms with E-state index < -0.39 is 10.0 Å². The van der Waals surface area contributed by atoms with Crippen molar-refractivity contribution < 1.29 is 8.42 Å². The molecule has 0 aliphatic carbocycles. The summed E-state index contributed by atoms with van der Waals surface area (Å²) in [7, 11) is -1.78. The summed E-state index contributed by atoms with van der Waals surface area (Å²) in [6.45, 7) is 4.34. The topological polar surface area (TPSA) is 67.2 Å². The zero-order valence-corrected chi connectivity index (χ0v) is 13.6. The highest BCUT2D eigenvalue weighted by Gasteiger charge is 2.33. The van der Waals surface area contributed by atoms with Crippen LogP contribution in [0.4, 0.5) is 0 Å². The predicted molar refractivity (Wildman–Crippen MR) is 80.5 cm³/mol. The van der Waals surface area contributed by atoms with Crippen molar-refractivity contribution in [1.82, 2.24) is 19.4 Å².